The van der Waals surface area contributed by atoms with Gasteiger partial charge in [0, 0.05) is 10.9 Å². The summed E-state index contributed by atoms with van der Waals surface area (Å²) >= 11 is 0. The molecule has 0 aromatic heterocycles. The lowest BCUT2D eigenvalue weighted by Gasteiger charge is -2.32. The normalized spacial score (nSPS) is 13.9. The molecule has 11 heteroatoms. The zero-order valence-electron chi connectivity index (χ0n) is 12.2. The second-order valence-corrected chi connectivity index (χ2v) is 5.19. The number of rotatable bonds is 4. The summed E-state index contributed by atoms with van der Waals surface area (Å²) in [7, 11) is 0. The standard InChI is InChI=1S/C15H6F10O/c16-10-6-5-9(7-3-1-2-4-8(7)10)11(26)12(17,18)13(19,20)14(21,22)15(23,24)25/h1-6H. The fourth-order valence-electron chi connectivity index (χ4n) is 2.15. The smallest absolute Gasteiger partial charge is 0.287 e. The summed E-state index contributed by atoms with van der Waals surface area (Å²) in [5.41, 5.74) is -1.33. The number of carbonyl (C=O) groups excluding carboxylic acids is 1. The van der Waals surface area contributed by atoms with Crippen LogP contribution in [0.15, 0.2) is 36.4 Å². The molecule has 0 atom stereocenters. The van der Waals surface area contributed by atoms with Gasteiger partial charge in [-0.15, -0.1) is 0 Å². The Labute approximate surface area is 138 Å². The molecule has 2 aromatic rings. The van der Waals surface area contributed by atoms with E-state index in [0.29, 0.717) is 12.1 Å². The maximum atomic E-state index is 13.8. The van der Waals surface area contributed by atoms with E-state index < -0.39 is 51.9 Å². The van der Waals surface area contributed by atoms with Gasteiger partial charge in [0.25, 0.3) is 0 Å². The van der Waals surface area contributed by atoms with Crippen molar-refractivity contribution in [1.82, 2.24) is 0 Å². The van der Waals surface area contributed by atoms with Crippen LogP contribution in [0.3, 0.4) is 0 Å². The summed E-state index contributed by atoms with van der Waals surface area (Å²) in [6, 6.07) is 4.84. The van der Waals surface area contributed by atoms with Crippen molar-refractivity contribution in [1.29, 1.82) is 0 Å². The predicted octanol–water partition coefficient (Wildman–Crippen LogP) is 5.63. The van der Waals surface area contributed by atoms with Crippen molar-refractivity contribution in [3.8, 4) is 0 Å². The summed E-state index contributed by atoms with van der Waals surface area (Å²) in [5.74, 6) is -24.7. The Kier molecular flexibility index (Phi) is 4.49. The molecule has 26 heavy (non-hydrogen) atoms. The highest BCUT2D eigenvalue weighted by molar-refractivity contribution is 6.11. The number of hydrogen-bond donors (Lipinski definition) is 0. The van der Waals surface area contributed by atoms with Gasteiger partial charge in [-0.1, -0.05) is 24.3 Å². The highest BCUT2D eigenvalue weighted by atomic mass is 19.4. The number of fused-ring (bicyclic) bond motifs is 1. The number of carbonyl (C=O) groups is 1. The first-order valence-corrected chi connectivity index (χ1v) is 6.58. The molecule has 0 N–H and O–H groups in total. The summed E-state index contributed by atoms with van der Waals surface area (Å²) in [6.45, 7) is 0. The Hall–Kier alpha value is -2.33. The number of halogens is 10. The van der Waals surface area contributed by atoms with Crippen LogP contribution in [0.1, 0.15) is 10.4 Å². The summed E-state index contributed by atoms with van der Waals surface area (Å²) in [5, 5.41) is -1.14. The molecule has 142 valence electrons. The van der Waals surface area contributed by atoms with E-state index in [1.165, 1.54) is 6.07 Å². The van der Waals surface area contributed by atoms with Crippen molar-refractivity contribution >= 4 is 16.6 Å². The van der Waals surface area contributed by atoms with Gasteiger partial charge in [-0.3, -0.25) is 4.79 Å². The molecule has 0 aliphatic rings. The minimum Gasteiger partial charge on any atom is -0.287 e. The Morgan fingerprint density at radius 3 is 1.69 bits per heavy atom. The van der Waals surface area contributed by atoms with Gasteiger partial charge < -0.3 is 0 Å². The Morgan fingerprint density at radius 2 is 1.19 bits per heavy atom. The van der Waals surface area contributed by atoms with E-state index in [4.69, 9.17) is 0 Å². The third-order valence-electron chi connectivity index (χ3n) is 3.55. The molecular formula is C15H6F10O. The molecule has 0 bridgehead atoms. The van der Waals surface area contributed by atoms with Crippen molar-refractivity contribution in [3.63, 3.8) is 0 Å². The lowest BCUT2D eigenvalue weighted by atomic mass is 9.92. The van der Waals surface area contributed by atoms with Crippen LogP contribution in [0.4, 0.5) is 43.9 Å². The molecule has 0 aliphatic carbocycles. The first-order chi connectivity index (χ1) is 11.7. The van der Waals surface area contributed by atoms with Crippen molar-refractivity contribution in [3.05, 3.63) is 47.8 Å². The largest absolute Gasteiger partial charge is 0.460 e. The maximum Gasteiger partial charge on any atom is 0.460 e. The predicted molar refractivity (Wildman–Crippen MR) is 69.1 cm³/mol. The third-order valence-corrected chi connectivity index (χ3v) is 3.55. The van der Waals surface area contributed by atoms with Crippen LogP contribution in [-0.2, 0) is 0 Å². The van der Waals surface area contributed by atoms with E-state index in [-0.39, 0.29) is 0 Å². The van der Waals surface area contributed by atoms with Crippen molar-refractivity contribution in [2.45, 2.75) is 23.9 Å². The molecule has 0 radical (unpaired) electrons. The van der Waals surface area contributed by atoms with Gasteiger partial charge in [-0.25, -0.2) is 4.39 Å². The lowest BCUT2D eigenvalue weighted by Crippen LogP contribution is -2.63. The summed E-state index contributed by atoms with van der Waals surface area (Å²) in [4.78, 5) is 11.8. The van der Waals surface area contributed by atoms with E-state index in [2.05, 4.69) is 0 Å². The lowest BCUT2D eigenvalue weighted by molar-refractivity contribution is -0.386. The SMILES string of the molecule is O=C(c1ccc(F)c2ccccc12)C(F)(F)C(F)(F)C(F)(F)C(F)(F)F. The Balaban J connectivity index is 2.64. The zero-order chi connectivity index (χ0) is 20.1. The van der Waals surface area contributed by atoms with Gasteiger partial charge in [-0.2, -0.15) is 39.5 Å². The van der Waals surface area contributed by atoms with Crippen molar-refractivity contribution in [2.75, 3.05) is 0 Å². The minimum atomic E-state index is -7.19. The molecule has 0 aliphatic heterocycles. The molecule has 0 amide bonds. The van der Waals surface area contributed by atoms with Crippen LogP contribution < -0.4 is 0 Å². The average Bonchev–Trinajstić information content (AvgIpc) is 2.53. The molecule has 0 heterocycles. The fourth-order valence-corrected chi connectivity index (χ4v) is 2.15. The number of benzene rings is 2. The molecule has 0 unspecified atom stereocenters. The second kappa shape index (κ2) is 5.85. The summed E-state index contributed by atoms with van der Waals surface area (Å²) < 4.78 is 130. The molecule has 0 saturated heterocycles. The summed E-state index contributed by atoms with van der Waals surface area (Å²) in [6.07, 6.45) is -7.04. The van der Waals surface area contributed by atoms with Gasteiger partial charge in [0.05, 0.1) is 0 Å². The molecule has 0 spiro atoms. The third kappa shape index (κ3) is 2.69. The van der Waals surface area contributed by atoms with Crippen LogP contribution in [0.5, 0.6) is 0 Å². The molecule has 2 rings (SSSR count). The van der Waals surface area contributed by atoms with Gasteiger partial charge in [-0.05, 0) is 17.5 Å². The molecular weight excluding hydrogens is 386 g/mol. The molecule has 1 nitrogen and oxygen atoms in total. The molecule has 0 saturated carbocycles. The van der Waals surface area contributed by atoms with Crippen LogP contribution in [-0.4, -0.2) is 29.7 Å². The first kappa shape index (κ1) is 20.0. The number of alkyl halides is 9. The van der Waals surface area contributed by atoms with E-state index in [9.17, 15) is 48.7 Å². The van der Waals surface area contributed by atoms with Gasteiger partial charge in [0.2, 0.25) is 5.78 Å². The first-order valence-electron chi connectivity index (χ1n) is 6.58. The Bertz CT molecular complexity index is 853. The maximum absolute atomic E-state index is 13.8. The van der Waals surface area contributed by atoms with Crippen LogP contribution in [0, 0.1) is 5.82 Å². The number of ketones is 1. The number of Topliss-reactive ketones (excluding diaryl/α,β-unsaturated/α-hetero) is 1. The van der Waals surface area contributed by atoms with Gasteiger partial charge in [0.15, 0.2) is 0 Å². The molecule has 0 fully saturated rings. The average molecular weight is 392 g/mol. The topological polar surface area (TPSA) is 17.1 Å². The van der Waals surface area contributed by atoms with E-state index in [1.54, 1.807) is 0 Å². The molecule has 2 aromatic carbocycles. The monoisotopic (exact) mass is 392 g/mol. The van der Waals surface area contributed by atoms with Crippen LogP contribution >= 0.6 is 0 Å². The van der Waals surface area contributed by atoms with Gasteiger partial charge in [0.1, 0.15) is 5.82 Å². The number of hydrogen-bond acceptors (Lipinski definition) is 1. The van der Waals surface area contributed by atoms with Crippen LogP contribution in [0.2, 0.25) is 0 Å². The Morgan fingerprint density at radius 1 is 0.692 bits per heavy atom. The van der Waals surface area contributed by atoms with Crippen LogP contribution in [0.25, 0.3) is 10.8 Å². The van der Waals surface area contributed by atoms with E-state index in [0.717, 1.165) is 18.2 Å². The van der Waals surface area contributed by atoms with E-state index >= 15 is 0 Å². The van der Waals surface area contributed by atoms with Crippen molar-refractivity contribution < 1.29 is 48.7 Å². The zero-order valence-corrected chi connectivity index (χ0v) is 12.2. The van der Waals surface area contributed by atoms with Crippen molar-refractivity contribution in [2.24, 2.45) is 0 Å². The van der Waals surface area contributed by atoms with E-state index in [1.807, 2.05) is 0 Å². The van der Waals surface area contributed by atoms with Gasteiger partial charge >= 0.3 is 23.9 Å². The highest BCUT2D eigenvalue weighted by Crippen LogP contribution is 2.54. The fraction of sp³-hybridized carbons (Fsp3) is 0.267. The highest BCUT2D eigenvalue weighted by Gasteiger charge is 2.83. The quantitative estimate of drug-likeness (QED) is 0.487. The minimum absolute atomic E-state index is 0.301. The second-order valence-electron chi connectivity index (χ2n) is 5.19.